The van der Waals surface area contributed by atoms with Gasteiger partial charge in [-0.25, -0.2) is 9.97 Å². The topological polar surface area (TPSA) is 54.9 Å². The van der Waals surface area contributed by atoms with Crippen LogP contribution in [0.1, 0.15) is 37.6 Å². The lowest BCUT2D eigenvalue weighted by molar-refractivity contribution is 0.0951. The standard InChI is InChI=1S/C12H18ClN3O/c1-12(2,3)4-10(13)7-16-11(17)9-5-14-8-15-6-9/h5-6,8,10H,4,7H2,1-3H3,(H,16,17). The Bertz CT molecular complexity index is 362. The molecule has 1 atom stereocenters. The molecule has 0 saturated heterocycles. The van der Waals surface area contributed by atoms with Gasteiger partial charge in [0.05, 0.1) is 10.9 Å². The maximum absolute atomic E-state index is 11.7. The van der Waals surface area contributed by atoms with Crippen molar-refractivity contribution in [1.29, 1.82) is 0 Å². The molecule has 0 spiro atoms. The molecular formula is C12H18ClN3O. The molecule has 5 heteroatoms. The van der Waals surface area contributed by atoms with Crippen molar-refractivity contribution in [3.05, 3.63) is 24.3 Å². The van der Waals surface area contributed by atoms with E-state index in [2.05, 4.69) is 36.1 Å². The summed E-state index contributed by atoms with van der Waals surface area (Å²) >= 11 is 6.15. The highest BCUT2D eigenvalue weighted by molar-refractivity contribution is 6.21. The van der Waals surface area contributed by atoms with Crippen molar-refractivity contribution < 1.29 is 4.79 Å². The first-order valence-electron chi connectivity index (χ1n) is 5.56. The lowest BCUT2D eigenvalue weighted by Crippen LogP contribution is -2.31. The summed E-state index contributed by atoms with van der Waals surface area (Å²) < 4.78 is 0. The van der Waals surface area contributed by atoms with E-state index in [1.165, 1.54) is 18.7 Å². The van der Waals surface area contributed by atoms with E-state index < -0.39 is 0 Å². The summed E-state index contributed by atoms with van der Waals surface area (Å²) in [5.41, 5.74) is 0.611. The van der Waals surface area contributed by atoms with E-state index in [0.717, 1.165) is 6.42 Å². The van der Waals surface area contributed by atoms with E-state index in [1.807, 2.05) is 0 Å². The number of alkyl halides is 1. The molecule has 17 heavy (non-hydrogen) atoms. The van der Waals surface area contributed by atoms with Gasteiger partial charge >= 0.3 is 0 Å². The average Bonchev–Trinajstić information content (AvgIpc) is 2.25. The number of hydrogen-bond acceptors (Lipinski definition) is 3. The summed E-state index contributed by atoms with van der Waals surface area (Å²) in [6.45, 7) is 6.81. The predicted molar refractivity (Wildman–Crippen MR) is 68.1 cm³/mol. The third-order valence-electron chi connectivity index (χ3n) is 2.14. The van der Waals surface area contributed by atoms with E-state index >= 15 is 0 Å². The molecule has 4 nitrogen and oxygen atoms in total. The van der Waals surface area contributed by atoms with Crippen LogP contribution in [-0.4, -0.2) is 27.8 Å². The number of aromatic nitrogens is 2. The van der Waals surface area contributed by atoms with Crippen LogP contribution >= 0.6 is 11.6 Å². The molecule has 0 aromatic carbocycles. The summed E-state index contributed by atoms with van der Waals surface area (Å²) in [5.74, 6) is -0.190. The second-order valence-corrected chi connectivity index (χ2v) is 5.82. The SMILES string of the molecule is CC(C)(C)CC(Cl)CNC(=O)c1cncnc1. The quantitative estimate of drug-likeness (QED) is 0.840. The van der Waals surface area contributed by atoms with Crippen LogP contribution in [0, 0.1) is 5.41 Å². The Morgan fingerprint density at radius 3 is 2.53 bits per heavy atom. The zero-order chi connectivity index (χ0) is 12.9. The zero-order valence-corrected chi connectivity index (χ0v) is 11.2. The van der Waals surface area contributed by atoms with Gasteiger partial charge in [-0.1, -0.05) is 20.8 Å². The number of nitrogens with one attached hydrogen (secondary N) is 1. The van der Waals surface area contributed by atoms with Crippen molar-refractivity contribution in [2.45, 2.75) is 32.6 Å². The summed E-state index contributed by atoms with van der Waals surface area (Å²) in [6.07, 6.45) is 5.20. The molecule has 1 rings (SSSR count). The van der Waals surface area contributed by atoms with E-state index in [0.29, 0.717) is 12.1 Å². The van der Waals surface area contributed by atoms with Crippen molar-refractivity contribution in [1.82, 2.24) is 15.3 Å². The van der Waals surface area contributed by atoms with Crippen LogP contribution in [0.4, 0.5) is 0 Å². The second-order valence-electron chi connectivity index (χ2n) is 5.20. The lowest BCUT2D eigenvalue weighted by Gasteiger charge is -2.21. The number of carbonyl (C=O) groups is 1. The van der Waals surface area contributed by atoms with E-state index in [9.17, 15) is 4.79 Å². The Morgan fingerprint density at radius 2 is 2.00 bits per heavy atom. The first-order valence-corrected chi connectivity index (χ1v) is 5.99. The number of amides is 1. The monoisotopic (exact) mass is 255 g/mol. The molecular weight excluding hydrogens is 238 g/mol. The highest BCUT2D eigenvalue weighted by Gasteiger charge is 2.17. The third kappa shape index (κ3) is 5.63. The van der Waals surface area contributed by atoms with Gasteiger partial charge in [0.1, 0.15) is 6.33 Å². The van der Waals surface area contributed by atoms with Crippen molar-refractivity contribution in [2.75, 3.05) is 6.54 Å². The van der Waals surface area contributed by atoms with Crippen LogP contribution in [-0.2, 0) is 0 Å². The van der Waals surface area contributed by atoms with Crippen LogP contribution in [0.15, 0.2) is 18.7 Å². The molecule has 0 fully saturated rings. The Labute approximate surface area is 107 Å². The fourth-order valence-electron chi connectivity index (χ4n) is 1.46. The van der Waals surface area contributed by atoms with Gasteiger partial charge in [0.2, 0.25) is 0 Å². The molecule has 0 radical (unpaired) electrons. The molecule has 0 aliphatic carbocycles. The van der Waals surface area contributed by atoms with Crippen LogP contribution in [0.2, 0.25) is 0 Å². The lowest BCUT2D eigenvalue weighted by atomic mass is 9.90. The van der Waals surface area contributed by atoms with Crippen molar-refractivity contribution in [2.24, 2.45) is 5.41 Å². The number of nitrogens with zero attached hydrogens (tertiary/aromatic N) is 2. The third-order valence-corrected chi connectivity index (χ3v) is 2.45. The average molecular weight is 256 g/mol. The maximum atomic E-state index is 11.7. The second kappa shape index (κ2) is 5.96. The van der Waals surface area contributed by atoms with Crippen LogP contribution in [0.25, 0.3) is 0 Å². The number of rotatable bonds is 4. The van der Waals surface area contributed by atoms with Crippen molar-refractivity contribution in [3.8, 4) is 0 Å². The van der Waals surface area contributed by atoms with E-state index in [4.69, 9.17) is 11.6 Å². The molecule has 1 amide bonds. The first kappa shape index (κ1) is 13.9. The minimum Gasteiger partial charge on any atom is -0.350 e. The normalized spacial score (nSPS) is 13.2. The van der Waals surface area contributed by atoms with Gasteiger partial charge in [-0.15, -0.1) is 11.6 Å². The Morgan fingerprint density at radius 1 is 1.41 bits per heavy atom. The Kier molecular flexibility index (Phi) is 4.87. The van der Waals surface area contributed by atoms with Gasteiger partial charge in [0.15, 0.2) is 0 Å². The van der Waals surface area contributed by atoms with Crippen molar-refractivity contribution in [3.63, 3.8) is 0 Å². The highest BCUT2D eigenvalue weighted by Crippen LogP contribution is 2.23. The summed E-state index contributed by atoms with van der Waals surface area (Å²) in [5, 5.41) is 2.70. The molecule has 0 bridgehead atoms. The number of carbonyl (C=O) groups excluding carboxylic acids is 1. The zero-order valence-electron chi connectivity index (χ0n) is 10.4. The largest absolute Gasteiger partial charge is 0.350 e. The highest BCUT2D eigenvalue weighted by atomic mass is 35.5. The molecule has 0 aliphatic rings. The first-order chi connectivity index (χ1) is 7.88. The predicted octanol–water partition coefficient (Wildman–Crippen LogP) is 2.25. The fraction of sp³-hybridized carbons (Fsp3) is 0.583. The van der Waals surface area contributed by atoms with Crippen LogP contribution < -0.4 is 5.32 Å². The molecule has 1 aromatic rings. The van der Waals surface area contributed by atoms with Gasteiger partial charge in [-0.2, -0.15) is 0 Å². The minimum absolute atomic E-state index is 0.0661. The Balaban J connectivity index is 2.39. The maximum Gasteiger partial charge on any atom is 0.254 e. The molecule has 1 unspecified atom stereocenters. The fourth-order valence-corrected chi connectivity index (χ4v) is 2.00. The van der Waals surface area contributed by atoms with E-state index in [1.54, 1.807) is 0 Å². The smallest absolute Gasteiger partial charge is 0.254 e. The van der Waals surface area contributed by atoms with Gasteiger partial charge in [0.25, 0.3) is 5.91 Å². The summed E-state index contributed by atoms with van der Waals surface area (Å²) in [7, 11) is 0. The summed E-state index contributed by atoms with van der Waals surface area (Å²) in [4.78, 5) is 19.2. The Hall–Kier alpha value is -1.16. The van der Waals surface area contributed by atoms with Gasteiger partial charge in [0, 0.05) is 18.9 Å². The molecule has 1 aromatic heterocycles. The number of halogens is 1. The molecule has 94 valence electrons. The van der Waals surface area contributed by atoms with Gasteiger partial charge in [-0.05, 0) is 11.8 Å². The van der Waals surface area contributed by atoms with Gasteiger partial charge in [-0.3, -0.25) is 4.79 Å². The van der Waals surface area contributed by atoms with Crippen molar-refractivity contribution >= 4 is 17.5 Å². The van der Waals surface area contributed by atoms with Gasteiger partial charge < -0.3 is 5.32 Å². The molecule has 0 saturated carbocycles. The number of hydrogen-bond donors (Lipinski definition) is 1. The minimum atomic E-state index is -0.190. The molecule has 1 N–H and O–H groups in total. The van der Waals surface area contributed by atoms with Crippen LogP contribution in [0.5, 0.6) is 0 Å². The molecule has 0 aliphatic heterocycles. The molecule has 1 heterocycles. The summed E-state index contributed by atoms with van der Waals surface area (Å²) in [6, 6.07) is 0. The van der Waals surface area contributed by atoms with Crippen LogP contribution in [0.3, 0.4) is 0 Å². The van der Waals surface area contributed by atoms with E-state index in [-0.39, 0.29) is 16.7 Å².